The molecule has 76 valence electrons. The van der Waals surface area contributed by atoms with Crippen LogP contribution in [0.5, 0.6) is 5.75 Å². The highest BCUT2D eigenvalue weighted by Gasteiger charge is 2.06. The molecular formula is C10H13NO3. The van der Waals surface area contributed by atoms with Gasteiger partial charge in [-0.05, 0) is 19.1 Å². The first kappa shape index (κ1) is 10.4. The highest BCUT2D eigenvalue weighted by Crippen LogP contribution is 2.16. The van der Waals surface area contributed by atoms with Gasteiger partial charge in [-0.3, -0.25) is 4.79 Å². The van der Waals surface area contributed by atoms with Crippen molar-refractivity contribution in [2.75, 3.05) is 5.32 Å². The van der Waals surface area contributed by atoms with Crippen molar-refractivity contribution in [1.29, 1.82) is 0 Å². The Morgan fingerprint density at radius 2 is 2.29 bits per heavy atom. The topological polar surface area (TPSA) is 69.6 Å². The molecule has 0 aromatic heterocycles. The lowest BCUT2D eigenvalue weighted by molar-refractivity contribution is -0.137. The number of aliphatic carboxylic acids is 1. The second-order valence-corrected chi connectivity index (χ2v) is 3.19. The normalized spacial score (nSPS) is 12.1. The van der Waals surface area contributed by atoms with E-state index in [1.165, 1.54) is 0 Å². The first-order chi connectivity index (χ1) is 6.58. The van der Waals surface area contributed by atoms with E-state index in [9.17, 15) is 4.79 Å². The van der Waals surface area contributed by atoms with Gasteiger partial charge in [-0.15, -0.1) is 0 Å². The molecule has 1 aromatic carbocycles. The molecule has 4 heteroatoms. The van der Waals surface area contributed by atoms with E-state index in [1.807, 2.05) is 0 Å². The Labute approximate surface area is 82.2 Å². The summed E-state index contributed by atoms with van der Waals surface area (Å²) in [5, 5.41) is 20.7. The number of benzene rings is 1. The number of carbonyl (C=O) groups is 1. The lowest BCUT2D eigenvalue weighted by Gasteiger charge is -2.12. The van der Waals surface area contributed by atoms with E-state index in [4.69, 9.17) is 10.2 Å². The number of anilines is 1. The zero-order valence-electron chi connectivity index (χ0n) is 7.90. The van der Waals surface area contributed by atoms with E-state index in [1.54, 1.807) is 31.2 Å². The Morgan fingerprint density at radius 1 is 1.57 bits per heavy atom. The molecule has 0 amide bonds. The molecule has 1 atom stereocenters. The van der Waals surface area contributed by atoms with Gasteiger partial charge in [0.2, 0.25) is 0 Å². The molecule has 1 rings (SSSR count). The molecule has 0 saturated carbocycles. The van der Waals surface area contributed by atoms with Gasteiger partial charge >= 0.3 is 5.97 Å². The first-order valence-electron chi connectivity index (χ1n) is 4.35. The fourth-order valence-corrected chi connectivity index (χ4v) is 1.19. The van der Waals surface area contributed by atoms with Gasteiger partial charge in [0.1, 0.15) is 5.75 Å². The van der Waals surface area contributed by atoms with Crippen LogP contribution in [0.15, 0.2) is 24.3 Å². The fraction of sp³-hybridized carbons (Fsp3) is 0.300. The average molecular weight is 195 g/mol. The zero-order chi connectivity index (χ0) is 10.6. The van der Waals surface area contributed by atoms with Crippen molar-refractivity contribution >= 4 is 11.7 Å². The lowest BCUT2D eigenvalue weighted by atomic mass is 10.2. The molecule has 4 nitrogen and oxygen atoms in total. The molecule has 0 spiro atoms. The van der Waals surface area contributed by atoms with Crippen molar-refractivity contribution < 1.29 is 15.0 Å². The number of rotatable bonds is 4. The molecular weight excluding hydrogens is 182 g/mol. The number of aromatic hydroxyl groups is 1. The molecule has 0 heterocycles. The fourth-order valence-electron chi connectivity index (χ4n) is 1.19. The van der Waals surface area contributed by atoms with Crippen molar-refractivity contribution in [2.24, 2.45) is 0 Å². The van der Waals surface area contributed by atoms with Crippen molar-refractivity contribution in [3.05, 3.63) is 24.3 Å². The predicted octanol–water partition coefficient (Wildman–Crippen LogP) is 1.67. The van der Waals surface area contributed by atoms with Gasteiger partial charge in [0.15, 0.2) is 0 Å². The first-order valence-corrected chi connectivity index (χ1v) is 4.35. The molecule has 3 N–H and O–H groups in total. The van der Waals surface area contributed by atoms with Crippen LogP contribution in [0.4, 0.5) is 5.69 Å². The summed E-state index contributed by atoms with van der Waals surface area (Å²) in [4.78, 5) is 10.4. The summed E-state index contributed by atoms with van der Waals surface area (Å²) in [7, 11) is 0. The number of phenolic OH excluding ortho intramolecular Hbond substituents is 1. The monoisotopic (exact) mass is 195 g/mol. The Morgan fingerprint density at radius 3 is 2.86 bits per heavy atom. The molecule has 0 saturated heterocycles. The smallest absolute Gasteiger partial charge is 0.305 e. The molecule has 0 aliphatic heterocycles. The molecule has 1 aromatic rings. The van der Waals surface area contributed by atoms with Crippen molar-refractivity contribution in [3.8, 4) is 5.75 Å². The van der Waals surface area contributed by atoms with Crippen LogP contribution in [0.3, 0.4) is 0 Å². The van der Waals surface area contributed by atoms with Crippen LogP contribution in [0.2, 0.25) is 0 Å². The Kier molecular flexibility index (Phi) is 3.34. The van der Waals surface area contributed by atoms with Crippen LogP contribution in [0.25, 0.3) is 0 Å². The number of nitrogens with one attached hydrogen (secondary N) is 1. The molecule has 0 aliphatic carbocycles. The molecule has 0 fully saturated rings. The van der Waals surface area contributed by atoms with Crippen LogP contribution in [-0.2, 0) is 4.79 Å². The summed E-state index contributed by atoms with van der Waals surface area (Å²) in [5.41, 5.74) is 0.721. The third kappa shape index (κ3) is 3.35. The van der Waals surface area contributed by atoms with Gasteiger partial charge < -0.3 is 15.5 Å². The van der Waals surface area contributed by atoms with Crippen molar-refractivity contribution in [1.82, 2.24) is 0 Å². The Bertz CT molecular complexity index is 325. The van der Waals surface area contributed by atoms with Crippen LogP contribution in [0.1, 0.15) is 13.3 Å². The van der Waals surface area contributed by atoms with Gasteiger partial charge in [0, 0.05) is 17.8 Å². The second-order valence-electron chi connectivity index (χ2n) is 3.19. The van der Waals surface area contributed by atoms with E-state index in [0.717, 1.165) is 5.69 Å². The maximum atomic E-state index is 10.4. The summed E-state index contributed by atoms with van der Waals surface area (Å²) in [6.45, 7) is 1.78. The zero-order valence-corrected chi connectivity index (χ0v) is 7.90. The molecule has 0 bridgehead atoms. The summed E-state index contributed by atoms with van der Waals surface area (Å²) in [5.74, 6) is -0.678. The standard InChI is InChI=1S/C10H13NO3/c1-7(5-10(13)14)11-8-3-2-4-9(12)6-8/h2-4,6-7,11-12H,5H2,1H3,(H,13,14). The largest absolute Gasteiger partial charge is 0.508 e. The van der Waals surface area contributed by atoms with Gasteiger partial charge in [0.25, 0.3) is 0 Å². The number of carboxylic acid groups (broad SMARTS) is 1. The number of hydrogen-bond donors (Lipinski definition) is 3. The summed E-state index contributed by atoms with van der Waals surface area (Å²) >= 11 is 0. The van der Waals surface area contributed by atoms with Crippen LogP contribution in [-0.4, -0.2) is 22.2 Å². The predicted molar refractivity (Wildman–Crippen MR) is 53.4 cm³/mol. The van der Waals surface area contributed by atoms with Gasteiger partial charge in [-0.2, -0.15) is 0 Å². The van der Waals surface area contributed by atoms with Crippen LogP contribution in [0, 0.1) is 0 Å². The molecule has 14 heavy (non-hydrogen) atoms. The number of carboxylic acids is 1. The number of phenols is 1. The summed E-state index contributed by atoms with van der Waals surface area (Å²) < 4.78 is 0. The summed E-state index contributed by atoms with van der Waals surface area (Å²) in [6, 6.07) is 6.43. The molecule has 0 radical (unpaired) electrons. The van der Waals surface area contributed by atoms with E-state index in [2.05, 4.69) is 5.32 Å². The third-order valence-electron chi connectivity index (χ3n) is 1.74. The maximum absolute atomic E-state index is 10.4. The minimum absolute atomic E-state index is 0.0512. The van der Waals surface area contributed by atoms with E-state index in [0.29, 0.717) is 0 Å². The second kappa shape index (κ2) is 4.50. The third-order valence-corrected chi connectivity index (χ3v) is 1.74. The number of hydrogen-bond acceptors (Lipinski definition) is 3. The molecule has 1 unspecified atom stereocenters. The highest BCUT2D eigenvalue weighted by atomic mass is 16.4. The van der Waals surface area contributed by atoms with E-state index in [-0.39, 0.29) is 18.2 Å². The Hall–Kier alpha value is -1.71. The van der Waals surface area contributed by atoms with Gasteiger partial charge in [-0.1, -0.05) is 6.07 Å². The quantitative estimate of drug-likeness (QED) is 0.683. The molecule has 0 aliphatic rings. The van der Waals surface area contributed by atoms with E-state index >= 15 is 0 Å². The van der Waals surface area contributed by atoms with Crippen molar-refractivity contribution in [2.45, 2.75) is 19.4 Å². The lowest BCUT2D eigenvalue weighted by Crippen LogP contribution is -2.19. The summed E-state index contributed by atoms with van der Waals surface area (Å²) in [6.07, 6.45) is 0.0512. The highest BCUT2D eigenvalue weighted by molar-refractivity contribution is 5.68. The van der Waals surface area contributed by atoms with Crippen molar-refractivity contribution in [3.63, 3.8) is 0 Å². The SMILES string of the molecule is CC(CC(=O)O)Nc1cccc(O)c1. The minimum Gasteiger partial charge on any atom is -0.508 e. The van der Waals surface area contributed by atoms with Crippen LogP contribution < -0.4 is 5.32 Å². The van der Waals surface area contributed by atoms with Gasteiger partial charge in [0.05, 0.1) is 6.42 Å². The maximum Gasteiger partial charge on any atom is 0.305 e. The van der Waals surface area contributed by atoms with Gasteiger partial charge in [-0.25, -0.2) is 0 Å². The van der Waals surface area contributed by atoms with E-state index < -0.39 is 5.97 Å². The Balaban J connectivity index is 2.55. The average Bonchev–Trinajstić information content (AvgIpc) is 2.01. The minimum atomic E-state index is -0.842. The van der Waals surface area contributed by atoms with Crippen LogP contribution >= 0.6 is 0 Å².